The molecule has 0 radical (unpaired) electrons. The van der Waals surface area contributed by atoms with Crippen LogP contribution in [0, 0.1) is 23.7 Å². The molecule has 0 spiro atoms. The molecule has 0 unspecified atom stereocenters. The lowest BCUT2D eigenvalue weighted by Crippen LogP contribution is -2.25. The molecule has 0 aliphatic rings. The number of aromatic carboxylic acids is 2. The fourth-order valence-corrected chi connectivity index (χ4v) is 5.66. The predicted octanol–water partition coefficient (Wildman–Crippen LogP) is 8.51. The lowest BCUT2D eigenvalue weighted by Gasteiger charge is -2.29. The van der Waals surface area contributed by atoms with Gasteiger partial charge in [-0.05, 0) is 81.2 Å². The second-order valence-corrected chi connectivity index (χ2v) is 11.4. The molecule has 6 aromatic carbocycles. The van der Waals surface area contributed by atoms with Crippen LogP contribution in [0.1, 0.15) is 67.9 Å². The van der Waals surface area contributed by atoms with Gasteiger partial charge in [0.15, 0.2) is 0 Å². The van der Waals surface area contributed by atoms with Crippen molar-refractivity contribution in [2.75, 3.05) is 0 Å². The summed E-state index contributed by atoms with van der Waals surface area (Å²) >= 11 is 0. The van der Waals surface area contributed by atoms with Crippen LogP contribution in [-0.4, -0.2) is 22.2 Å². The zero-order chi connectivity index (χ0) is 31.6. The predicted molar refractivity (Wildman–Crippen MR) is 179 cm³/mol. The fourth-order valence-electron chi connectivity index (χ4n) is 5.66. The first-order chi connectivity index (χ1) is 21.7. The molecule has 4 nitrogen and oxygen atoms in total. The van der Waals surface area contributed by atoms with Gasteiger partial charge in [0.25, 0.3) is 0 Å². The zero-order valence-corrected chi connectivity index (χ0v) is 24.8. The van der Waals surface area contributed by atoms with Crippen LogP contribution in [-0.2, 0) is 5.41 Å². The Labute approximate surface area is 261 Å². The Balaban J connectivity index is 1.33. The molecule has 0 aliphatic heterocycles. The van der Waals surface area contributed by atoms with Crippen LogP contribution in [0.3, 0.4) is 0 Å². The van der Waals surface area contributed by atoms with Gasteiger partial charge in [0.2, 0.25) is 0 Å². The minimum absolute atomic E-state index is 0.0711. The van der Waals surface area contributed by atoms with Gasteiger partial charge in [-0.1, -0.05) is 110 Å². The third kappa shape index (κ3) is 6.04. The highest BCUT2D eigenvalue weighted by Crippen LogP contribution is 2.36. The Bertz CT molecular complexity index is 2110. The molecule has 4 heteroatoms. The molecule has 0 atom stereocenters. The first-order valence-corrected chi connectivity index (χ1v) is 14.5. The van der Waals surface area contributed by atoms with Crippen molar-refractivity contribution in [3.8, 4) is 23.7 Å². The number of hydrogen-bond acceptors (Lipinski definition) is 2. The van der Waals surface area contributed by atoms with E-state index in [0.717, 1.165) is 32.7 Å². The summed E-state index contributed by atoms with van der Waals surface area (Å²) in [5.74, 6) is 10.2. The number of carbonyl (C=O) groups is 2. The van der Waals surface area contributed by atoms with Gasteiger partial charge in [0.05, 0.1) is 11.1 Å². The normalized spacial score (nSPS) is 10.9. The first kappa shape index (κ1) is 29.0. The molecule has 45 heavy (non-hydrogen) atoms. The highest BCUT2D eigenvalue weighted by atomic mass is 16.4. The van der Waals surface area contributed by atoms with Crippen molar-refractivity contribution in [1.29, 1.82) is 0 Å². The largest absolute Gasteiger partial charge is 0.478 e. The summed E-state index contributed by atoms with van der Waals surface area (Å²) in [6.07, 6.45) is 0. The van der Waals surface area contributed by atoms with E-state index >= 15 is 0 Å². The molecular formula is C41H28O4. The summed E-state index contributed by atoms with van der Waals surface area (Å²) in [5.41, 5.74) is 2.93. The topological polar surface area (TPSA) is 74.6 Å². The van der Waals surface area contributed by atoms with E-state index in [1.165, 1.54) is 0 Å². The van der Waals surface area contributed by atoms with Crippen molar-refractivity contribution in [1.82, 2.24) is 0 Å². The van der Waals surface area contributed by atoms with E-state index < -0.39 is 17.4 Å². The van der Waals surface area contributed by atoms with Gasteiger partial charge in [-0.2, -0.15) is 0 Å². The van der Waals surface area contributed by atoms with Crippen molar-refractivity contribution < 1.29 is 19.8 Å². The standard InChI is InChI=1S/C41H28O4/c1-41(2,37-21-17-29(25-35(37)39(42)43)13-11-27-15-19-31-7-3-5-9-33(31)23-27)38-22-18-30(26-36(38)40(44)45)14-12-28-16-20-32-8-4-6-10-34(32)24-28/h3-10,15-26H,1-2H3,(H,42,43)(H,44,45). The molecule has 0 aliphatic carbocycles. The molecule has 216 valence electrons. The van der Waals surface area contributed by atoms with Crippen LogP contribution >= 0.6 is 0 Å². The summed E-state index contributed by atoms with van der Waals surface area (Å²) in [7, 11) is 0. The Morgan fingerprint density at radius 3 is 1.18 bits per heavy atom. The Morgan fingerprint density at radius 1 is 0.467 bits per heavy atom. The summed E-state index contributed by atoms with van der Waals surface area (Å²) < 4.78 is 0. The Hall–Kier alpha value is -6.10. The highest BCUT2D eigenvalue weighted by molar-refractivity contribution is 5.93. The molecule has 2 N–H and O–H groups in total. The van der Waals surface area contributed by atoms with Gasteiger partial charge in [-0.25, -0.2) is 9.59 Å². The monoisotopic (exact) mass is 584 g/mol. The summed E-state index contributed by atoms with van der Waals surface area (Å²) in [6.45, 7) is 3.66. The molecule has 0 amide bonds. The number of fused-ring (bicyclic) bond motifs is 2. The van der Waals surface area contributed by atoms with Gasteiger partial charge in [0.1, 0.15) is 0 Å². The zero-order valence-electron chi connectivity index (χ0n) is 24.8. The van der Waals surface area contributed by atoms with Crippen LogP contribution < -0.4 is 0 Å². The van der Waals surface area contributed by atoms with Crippen LogP contribution in [0.5, 0.6) is 0 Å². The van der Waals surface area contributed by atoms with Crippen molar-refractivity contribution in [2.24, 2.45) is 0 Å². The molecule has 0 heterocycles. The van der Waals surface area contributed by atoms with Crippen LogP contribution in [0.4, 0.5) is 0 Å². The van der Waals surface area contributed by atoms with Crippen molar-refractivity contribution >= 4 is 33.5 Å². The van der Waals surface area contributed by atoms with Gasteiger partial charge in [-0.3, -0.25) is 0 Å². The van der Waals surface area contributed by atoms with Crippen LogP contribution in [0.25, 0.3) is 21.5 Å². The minimum atomic E-state index is -1.11. The maximum Gasteiger partial charge on any atom is 0.336 e. The number of rotatable bonds is 4. The molecule has 6 aromatic rings. The van der Waals surface area contributed by atoms with E-state index in [4.69, 9.17) is 0 Å². The van der Waals surface area contributed by atoms with E-state index in [9.17, 15) is 19.8 Å². The van der Waals surface area contributed by atoms with Crippen molar-refractivity contribution in [2.45, 2.75) is 19.3 Å². The number of carboxylic acid groups (broad SMARTS) is 2. The molecule has 6 rings (SSSR count). The summed E-state index contributed by atoms with van der Waals surface area (Å²) in [5, 5.41) is 24.8. The van der Waals surface area contributed by atoms with Gasteiger partial charge >= 0.3 is 11.9 Å². The molecule has 0 aromatic heterocycles. The quantitative estimate of drug-likeness (QED) is 0.204. The number of benzene rings is 6. The Kier molecular flexibility index (Phi) is 7.66. The van der Waals surface area contributed by atoms with E-state index in [2.05, 4.69) is 23.7 Å². The van der Waals surface area contributed by atoms with Crippen molar-refractivity contribution in [3.63, 3.8) is 0 Å². The van der Waals surface area contributed by atoms with E-state index in [1.54, 1.807) is 36.4 Å². The van der Waals surface area contributed by atoms with Crippen LogP contribution in [0.15, 0.2) is 121 Å². The maximum atomic E-state index is 12.5. The third-order valence-corrected chi connectivity index (χ3v) is 8.05. The molecular weight excluding hydrogens is 556 g/mol. The van der Waals surface area contributed by atoms with Gasteiger partial charge < -0.3 is 10.2 Å². The molecule has 0 saturated heterocycles. The second kappa shape index (κ2) is 11.9. The third-order valence-electron chi connectivity index (χ3n) is 8.05. The van der Waals surface area contributed by atoms with Crippen LogP contribution in [0.2, 0.25) is 0 Å². The smallest absolute Gasteiger partial charge is 0.336 e. The average molecular weight is 585 g/mol. The number of hydrogen-bond donors (Lipinski definition) is 2. The van der Waals surface area contributed by atoms with E-state index in [1.807, 2.05) is 98.8 Å². The first-order valence-electron chi connectivity index (χ1n) is 14.5. The summed E-state index contributed by atoms with van der Waals surface area (Å²) in [4.78, 5) is 24.9. The van der Waals surface area contributed by atoms with Crippen molar-refractivity contribution in [3.05, 3.63) is 166 Å². The lowest BCUT2D eigenvalue weighted by molar-refractivity contribution is 0.0686. The minimum Gasteiger partial charge on any atom is -0.478 e. The maximum absolute atomic E-state index is 12.5. The molecule has 0 fully saturated rings. The highest BCUT2D eigenvalue weighted by Gasteiger charge is 2.32. The molecule has 0 saturated carbocycles. The number of carboxylic acids is 2. The average Bonchev–Trinajstić information content (AvgIpc) is 3.05. The Morgan fingerprint density at radius 2 is 0.800 bits per heavy atom. The van der Waals surface area contributed by atoms with Gasteiger partial charge in [-0.15, -0.1) is 0 Å². The van der Waals surface area contributed by atoms with Gasteiger partial charge in [0, 0.05) is 27.7 Å². The molecule has 0 bridgehead atoms. The SMILES string of the molecule is CC(C)(c1ccc(C#Cc2ccc3ccccc3c2)cc1C(=O)O)c1ccc(C#Cc2ccc3ccccc3c2)cc1C(=O)O. The van der Waals surface area contributed by atoms with E-state index in [-0.39, 0.29) is 11.1 Å². The lowest BCUT2D eigenvalue weighted by atomic mass is 9.73. The van der Waals surface area contributed by atoms with E-state index in [0.29, 0.717) is 22.3 Å². The second-order valence-electron chi connectivity index (χ2n) is 11.4. The summed E-state index contributed by atoms with van der Waals surface area (Å²) in [6, 6.07) is 38.1. The fraction of sp³-hybridized carbons (Fsp3) is 0.0732.